The van der Waals surface area contributed by atoms with Crippen LogP contribution in [0.15, 0.2) is 66.9 Å². The van der Waals surface area contributed by atoms with Gasteiger partial charge in [-0.15, -0.1) is 0 Å². The molecule has 0 atom stereocenters. The maximum absolute atomic E-state index is 13.0. The van der Waals surface area contributed by atoms with Gasteiger partial charge in [-0.1, -0.05) is 48.0 Å². The number of halogens is 4. The van der Waals surface area contributed by atoms with Crippen LogP contribution in [0.2, 0.25) is 5.15 Å². The molecule has 1 amide bonds. The van der Waals surface area contributed by atoms with Gasteiger partial charge in [0.1, 0.15) is 5.15 Å². The summed E-state index contributed by atoms with van der Waals surface area (Å²) in [6.45, 7) is 0.216. The van der Waals surface area contributed by atoms with Crippen LogP contribution in [-0.4, -0.2) is 17.4 Å². The summed E-state index contributed by atoms with van der Waals surface area (Å²) in [5.41, 5.74) is 1.46. The van der Waals surface area contributed by atoms with Gasteiger partial charge >= 0.3 is 6.18 Å². The summed E-state index contributed by atoms with van der Waals surface area (Å²) < 4.78 is 39.1. The van der Waals surface area contributed by atoms with E-state index in [1.54, 1.807) is 12.3 Å². The topological polar surface area (TPSA) is 42.0 Å². The smallest absolute Gasteiger partial charge is 0.352 e. The van der Waals surface area contributed by atoms with E-state index in [-0.39, 0.29) is 12.1 Å². The SMILES string of the molecule is O=C(NCCc1cccc(-c2ccc(Cl)nc2)c1)c1ccccc1C(F)(F)F. The highest BCUT2D eigenvalue weighted by atomic mass is 35.5. The van der Waals surface area contributed by atoms with Crippen molar-refractivity contribution in [1.29, 1.82) is 0 Å². The molecule has 1 N–H and O–H groups in total. The molecule has 7 heteroatoms. The first-order valence-electron chi connectivity index (χ1n) is 8.50. The van der Waals surface area contributed by atoms with Gasteiger partial charge in [0.15, 0.2) is 0 Å². The lowest BCUT2D eigenvalue weighted by Crippen LogP contribution is -2.28. The molecule has 28 heavy (non-hydrogen) atoms. The predicted octanol–water partition coefficient (Wildman–Crippen LogP) is 5.39. The molecule has 3 rings (SSSR count). The van der Waals surface area contributed by atoms with Crippen LogP contribution in [0.5, 0.6) is 0 Å². The molecule has 1 heterocycles. The Morgan fingerprint density at radius 2 is 1.79 bits per heavy atom. The number of nitrogens with zero attached hydrogens (tertiary/aromatic N) is 1. The number of hydrogen-bond donors (Lipinski definition) is 1. The third-order valence-electron chi connectivity index (χ3n) is 4.16. The van der Waals surface area contributed by atoms with E-state index in [0.29, 0.717) is 11.6 Å². The molecular weight excluding hydrogens is 389 g/mol. The quantitative estimate of drug-likeness (QED) is 0.579. The molecular formula is C21H16ClF3N2O. The van der Waals surface area contributed by atoms with Gasteiger partial charge in [0, 0.05) is 18.3 Å². The molecule has 144 valence electrons. The Balaban J connectivity index is 1.65. The van der Waals surface area contributed by atoms with Gasteiger partial charge in [-0.2, -0.15) is 13.2 Å². The molecule has 0 aliphatic carbocycles. The van der Waals surface area contributed by atoms with Gasteiger partial charge in [0.05, 0.1) is 11.1 Å². The van der Waals surface area contributed by atoms with Crippen molar-refractivity contribution in [2.45, 2.75) is 12.6 Å². The third-order valence-corrected chi connectivity index (χ3v) is 4.39. The Kier molecular flexibility index (Phi) is 5.99. The number of amides is 1. The van der Waals surface area contributed by atoms with Crippen molar-refractivity contribution in [3.05, 3.63) is 88.7 Å². The molecule has 0 unspecified atom stereocenters. The van der Waals surface area contributed by atoms with E-state index < -0.39 is 17.6 Å². The summed E-state index contributed by atoms with van der Waals surface area (Å²) in [5.74, 6) is -0.744. The highest BCUT2D eigenvalue weighted by Crippen LogP contribution is 2.31. The molecule has 0 aliphatic rings. The monoisotopic (exact) mass is 404 g/mol. The predicted molar refractivity (Wildman–Crippen MR) is 102 cm³/mol. The van der Waals surface area contributed by atoms with Gasteiger partial charge < -0.3 is 5.32 Å². The Hall–Kier alpha value is -2.86. The maximum atomic E-state index is 13.0. The fourth-order valence-electron chi connectivity index (χ4n) is 2.80. The summed E-state index contributed by atoms with van der Waals surface area (Å²) in [6.07, 6.45) is -2.43. The average molecular weight is 405 g/mol. The van der Waals surface area contributed by atoms with E-state index in [1.165, 1.54) is 18.2 Å². The zero-order chi connectivity index (χ0) is 20.1. The van der Waals surface area contributed by atoms with Crippen LogP contribution in [-0.2, 0) is 12.6 Å². The van der Waals surface area contributed by atoms with E-state index in [9.17, 15) is 18.0 Å². The molecule has 0 fully saturated rings. The fourth-order valence-corrected chi connectivity index (χ4v) is 2.91. The Morgan fingerprint density at radius 1 is 1.00 bits per heavy atom. The van der Waals surface area contributed by atoms with Gasteiger partial charge in [0.2, 0.25) is 0 Å². The number of pyridine rings is 1. The Bertz CT molecular complexity index is 972. The van der Waals surface area contributed by atoms with Gasteiger partial charge in [-0.3, -0.25) is 4.79 Å². The largest absolute Gasteiger partial charge is 0.417 e. The average Bonchev–Trinajstić information content (AvgIpc) is 2.68. The minimum atomic E-state index is -4.57. The van der Waals surface area contributed by atoms with Gasteiger partial charge in [-0.05, 0) is 41.8 Å². The number of alkyl halides is 3. The second-order valence-corrected chi connectivity index (χ2v) is 6.51. The van der Waals surface area contributed by atoms with Crippen LogP contribution < -0.4 is 5.32 Å². The molecule has 0 saturated heterocycles. The fraction of sp³-hybridized carbons (Fsp3) is 0.143. The minimum Gasteiger partial charge on any atom is -0.352 e. The lowest BCUT2D eigenvalue weighted by atomic mass is 10.0. The first-order chi connectivity index (χ1) is 13.3. The Morgan fingerprint density at radius 3 is 2.50 bits per heavy atom. The van der Waals surface area contributed by atoms with E-state index >= 15 is 0 Å². The van der Waals surface area contributed by atoms with Crippen LogP contribution >= 0.6 is 11.6 Å². The minimum absolute atomic E-state index is 0.216. The van der Waals surface area contributed by atoms with Crippen LogP contribution in [0.1, 0.15) is 21.5 Å². The summed E-state index contributed by atoms with van der Waals surface area (Å²) in [7, 11) is 0. The van der Waals surface area contributed by atoms with Crippen molar-refractivity contribution in [1.82, 2.24) is 10.3 Å². The molecule has 0 saturated carbocycles. The molecule has 3 aromatic rings. The first kappa shape index (κ1) is 19.9. The summed E-state index contributed by atoms with van der Waals surface area (Å²) in [4.78, 5) is 16.2. The summed E-state index contributed by atoms with van der Waals surface area (Å²) >= 11 is 5.80. The summed E-state index contributed by atoms with van der Waals surface area (Å²) in [6, 6.07) is 15.9. The number of benzene rings is 2. The number of nitrogens with one attached hydrogen (secondary N) is 1. The van der Waals surface area contributed by atoms with Crippen molar-refractivity contribution in [2.75, 3.05) is 6.54 Å². The lowest BCUT2D eigenvalue weighted by Gasteiger charge is -2.13. The number of aromatic nitrogens is 1. The van der Waals surface area contributed by atoms with Crippen LogP contribution in [0.4, 0.5) is 13.2 Å². The normalized spacial score (nSPS) is 11.3. The van der Waals surface area contributed by atoms with E-state index in [2.05, 4.69) is 10.3 Å². The van der Waals surface area contributed by atoms with Crippen molar-refractivity contribution in [3.63, 3.8) is 0 Å². The lowest BCUT2D eigenvalue weighted by molar-refractivity contribution is -0.137. The number of carbonyl (C=O) groups excluding carboxylic acids is 1. The van der Waals surface area contributed by atoms with E-state index in [0.717, 1.165) is 22.8 Å². The molecule has 1 aromatic heterocycles. The summed E-state index contributed by atoms with van der Waals surface area (Å²) in [5, 5.41) is 2.96. The highest BCUT2D eigenvalue weighted by Gasteiger charge is 2.34. The zero-order valence-electron chi connectivity index (χ0n) is 14.6. The number of carbonyl (C=O) groups is 1. The van der Waals surface area contributed by atoms with Crippen molar-refractivity contribution in [2.24, 2.45) is 0 Å². The second-order valence-electron chi connectivity index (χ2n) is 6.12. The molecule has 0 aliphatic heterocycles. The molecule has 3 nitrogen and oxygen atoms in total. The Labute approximate surface area is 165 Å². The third kappa shape index (κ3) is 4.89. The molecule has 0 bridgehead atoms. The van der Waals surface area contributed by atoms with Crippen LogP contribution in [0.25, 0.3) is 11.1 Å². The van der Waals surface area contributed by atoms with Crippen LogP contribution in [0, 0.1) is 0 Å². The van der Waals surface area contributed by atoms with Gasteiger partial charge in [-0.25, -0.2) is 4.98 Å². The highest BCUT2D eigenvalue weighted by molar-refractivity contribution is 6.29. The van der Waals surface area contributed by atoms with Gasteiger partial charge in [0.25, 0.3) is 5.91 Å². The zero-order valence-corrected chi connectivity index (χ0v) is 15.4. The van der Waals surface area contributed by atoms with Crippen LogP contribution in [0.3, 0.4) is 0 Å². The number of rotatable bonds is 5. The molecule has 0 spiro atoms. The van der Waals surface area contributed by atoms with Crippen molar-refractivity contribution >= 4 is 17.5 Å². The van der Waals surface area contributed by atoms with E-state index in [4.69, 9.17) is 11.6 Å². The second kappa shape index (κ2) is 8.44. The first-order valence-corrected chi connectivity index (χ1v) is 8.88. The van der Waals surface area contributed by atoms with Crippen molar-refractivity contribution in [3.8, 4) is 11.1 Å². The molecule has 2 aromatic carbocycles. The standard InChI is InChI=1S/C21H16ClF3N2O/c22-19-9-8-16(13-27-19)15-5-3-4-14(12-15)10-11-26-20(28)17-6-1-2-7-18(17)21(23,24)25/h1-9,12-13H,10-11H2,(H,26,28). The molecule has 0 radical (unpaired) electrons. The number of hydrogen-bond acceptors (Lipinski definition) is 2. The maximum Gasteiger partial charge on any atom is 0.417 e. The van der Waals surface area contributed by atoms with Crippen molar-refractivity contribution < 1.29 is 18.0 Å². The van der Waals surface area contributed by atoms with E-state index in [1.807, 2.05) is 30.3 Å².